The smallest absolute Gasteiger partial charge is 0.335 e. The molecule has 0 aromatic heterocycles. The van der Waals surface area contributed by atoms with Crippen LogP contribution in [0.15, 0.2) is 58.3 Å². The molecule has 2 aromatic rings. The molecule has 2 rings (SSSR count). The summed E-state index contributed by atoms with van der Waals surface area (Å²) >= 11 is 0. The molecule has 0 unspecified atom stereocenters. The molecule has 0 aliphatic heterocycles. The van der Waals surface area contributed by atoms with Gasteiger partial charge < -0.3 is 19.5 Å². The number of carboxylic acid groups (broad SMARTS) is 2. The van der Waals surface area contributed by atoms with E-state index in [1.54, 1.807) is 36.4 Å². The molecule has 1 N–H and O–H groups in total. The number of quaternary nitrogens is 1. The molecule has 0 heterocycles. The second-order valence-corrected chi connectivity index (χ2v) is 13.1. The molecule has 0 bridgehead atoms. The van der Waals surface area contributed by atoms with Crippen LogP contribution in [0.5, 0.6) is 0 Å². The molecule has 0 saturated heterocycles. The van der Waals surface area contributed by atoms with Crippen molar-refractivity contribution in [1.82, 2.24) is 0 Å². The van der Waals surface area contributed by atoms with Crippen LogP contribution in [0.3, 0.4) is 0 Å². The van der Waals surface area contributed by atoms with E-state index in [1.807, 2.05) is 0 Å². The fraction of sp³-hybridized carbons (Fsp3) is 0.588. The molecule has 5 nitrogen and oxygen atoms in total. The zero-order chi connectivity index (χ0) is 30.3. The second kappa shape index (κ2) is 22.6. The molecule has 0 amide bonds. The Labute approximate surface area is 257 Å². The van der Waals surface area contributed by atoms with Crippen LogP contribution in [-0.2, 0) is 0 Å². The lowest BCUT2D eigenvalue weighted by molar-refractivity contribution is -0.929. The van der Waals surface area contributed by atoms with Crippen molar-refractivity contribution >= 4 is 33.5 Å². The molecule has 2 aromatic carbocycles. The number of hydrogen-bond donors (Lipinski definition) is 1. The average molecular weight is 604 g/mol. The molecule has 0 aliphatic carbocycles. The first-order valence-electron chi connectivity index (χ1n) is 15.6. The molecule has 0 fully saturated rings. The Bertz CT molecular complexity index is 861. The van der Waals surface area contributed by atoms with Crippen molar-refractivity contribution < 1.29 is 24.3 Å². The standard InChI is InChI=1S/C20H44N.C14H10O4S2/c1-5-9-13-17-21(18-14-10-6-2,19-15-11-7-3)20-16-12-8-4;15-13(16)9-1-5-11(6-2-9)19-20-12-7-3-10(4-8-12)14(17)18/h5-20H2,1-4H3;1-8H,(H,15,16)(H,17,18)/q+1;/p-1. The fourth-order valence-electron chi connectivity index (χ4n) is 4.86. The molecule has 41 heavy (non-hydrogen) atoms. The van der Waals surface area contributed by atoms with E-state index in [2.05, 4.69) is 27.7 Å². The maximum atomic E-state index is 10.7. The Morgan fingerprint density at radius 3 is 1.17 bits per heavy atom. The number of unbranched alkanes of at least 4 members (excludes halogenated alkanes) is 8. The van der Waals surface area contributed by atoms with Crippen molar-refractivity contribution in [1.29, 1.82) is 0 Å². The molecule has 7 heteroatoms. The average Bonchev–Trinajstić information content (AvgIpc) is 2.97. The maximum Gasteiger partial charge on any atom is 0.335 e. The third-order valence-corrected chi connectivity index (χ3v) is 9.79. The topological polar surface area (TPSA) is 77.4 Å². The predicted molar refractivity (Wildman–Crippen MR) is 174 cm³/mol. The van der Waals surface area contributed by atoms with Crippen LogP contribution in [0.1, 0.15) is 125 Å². The highest BCUT2D eigenvalue weighted by molar-refractivity contribution is 8.76. The quantitative estimate of drug-likeness (QED) is 0.0871. The Morgan fingerprint density at radius 2 is 0.902 bits per heavy atom. The van der Waals surface area contributed by atoms with Crippen molar-refractivity contribution in [3.8, 4) is 0 Å². The molecule has 0 aliphatic rings. The van der Waals surface area contributed by atoms with Crippen molar-refractivity contribution in [2.45, 2.75) is 115 Å². The minimum atomic E-state index is -1.20. The Kier molecular flexibility index (Phi) is 20.4. The van der Waals surface area contributed by atoms with Crippen molar-refractivity contribution in [3.05, 3.63) is 59.7 Å². The van der Waals surface area contributed by atoms with E-state index < -0.39 is 11.9 Å². The molecule has 0 atom stereocenters. The Morgan fingerprint density at radius 1 is 0.585 bits per heavy atom. The van der Waals surface area contributed by atoms with Gasteiger partial charge in [0.15, 0.2) is 0 Å². The number of nitrogens with zero attached hydrogens (tertiary/aromatic N) is 1. The lowest BCUT2D eigenvalue weighted by Gasteiger charge is -2.39. The Balaban J connectivity index is 0.000000410. The summed E-state index contributed by atoms with van der Waals surface area (Å²) in [6.45, 7) is 15.1. The van der Waals surface area contributed by atoms with E-state index in [1.165, 1.54) is 141 Å². The number of rotatable bonds is 21. The molecular formula is C34H53NO4S2. The normalized spacial score (nSPS) is 11.1. The number of carboxylic acids is 2. The van der Waals surface area contributed by atoms with Crippen molar-refractivity contribution in [2.24, 2.45) is 0 Å². The van der Waals surface area contributed by atoms with E-state index in [0.717, 1.165) is 9.79 Å². The first-order chi connectivity index (χ1) is 19.8. The van der Waals surface area contributed by atoms with Crippen LogP contribution in [0.25, 0.3) is 0 Å². The third kappa shape index (κ3) is 16.3. The maximum absolute atomic E-state index is 10.7. The van der Waals surface area contributed by atoms with Crippen LogP contribution in [0.4, 0.5) is 0 Å². The third-order valence-electron chi connectivity index (χ3n) is 7.37. The summed E-state index contributed by atoms with van der Waals surface area (Å²) in [6, 6.07) is 12.9. The monoisotopic (exact) mass is 603 g/mol. The summed E-state index contributed by atoms with van der Waals surface area (Å²) in [6.07, 6.45) is 16.9. The molecule has 0 spiro atoms. The van der Waals surface area contributed by atoms with Gasteiger partial charge in [-0.3, -0.25) is 0 Å². The van der Waals surface area contributed by atoms with E-state index in [4.69, 9.17) is 5.11 Å². The summed E-state index contributed by atoms with van der Waals surface area (Å²) in [5, 5.41) is 19.4. The molecule has 230 valence electrons. The summed E-state index contributed by atoms with van der Waals surface area (Å²) in [4.78, 5) is 23.1. The van der Waals surface area contributed by atoms with Crippen LogP contribution in [0.2, 0.25) is 0 Å². The van der Waals surface area contributed by atoms with Gasteiger partial charge in [-0.15, -0.1) is 0 Å². The summed E-state index contributed by atoms with van der Waals surface area (Å²) in [7, 11) is 2.93. The van der Waals surface area contributed by atoms with Gasteiger partial charge >= 0.3 is 5.97 Å². The highest BCUT2D eigenvalue weighted by atomic mass is 33.1. The van der Waals surface area contributed by atoms with E-state index in [9.17, 15) is 14.7 Å². The van der Waals surface area contributed by atoms with Gasteiger partial charge in [-0.25, -0.2) is 4.79 Å². The van der Waals surface area contributed by atoms with Gasteiger partial charge in [-0.2, -0.15) is 0 Å². The van der Waals surface area contributed by atoms with Crippen molar-refractivity contribution in [2.75, 3.05) is 26.2 Å². The van der Waals surface area contributed by atoms with Gasteiger partial charge in [0.25, 0.3) is 0 Å². The van der Waals surface area contributed by atoms with Gasteiger partial charge in [0.05, 0.1) is 37.7 Å². The lowest BCUT2D eigenvalue weighted by atomic mass is 10.1. The SMILES string of the molecule is CCCCC[N+](CCCCC)(CCCCC)CCCCC.O=C([O-])c1ccc(SSc2ccc(C(=O)O)cc2)cc1. The summed E-state index contributed by atoms with van der Waals surface area (Å²) in [5.41, 5.74) is 0.392. The van der Waals surface area contributed by atoms with Gasteiger partial charge in [-0.1, -0.05) is 87.1 Å². The predicted octanol–water partition coefficient (Wildman–Crippen LogP) is 9.11. The lowest BCUT2D eigenvalue weighted by Crippen LogP contribution is -2.50. The van der Waals surface area contributed by atoms with Gasteiger partial charge in [-0.05, 0) is 93.3 Å². The number of hydrogen-bond acceptors (Lipinski definition) is 5. The number of carbonyl (C=O) groups is 2. The second-order valence-electron chi connectivity index (χ2n) is 10.9. The number of aromatic carboxylic acids is 2. The van der Waals surface area contributed by atoms with E-state index >= 15 is 0 Å². The minimum Gasteiger partial charge on any atom is -0.545 e. The van der Waals surface area contributed by atoms with Crippen LogP contribution < -0.4 is 5.11 Å². The summed E-state index contributed by atoms with van der Waals surface area (Å²) in [5.74, 6) is -2.15. The van der Waals surface area contributed by atoms with Gasteiger partial charge in [0.1, 0.15) is 0 Å². The first-order valence-corrected chi connectivity index (χ1v) is 17.8. The van der Waals surface area contributed by atoms with E-state index in [0.29, 0.717) is 0 Å². The molecular weight excluding hydrogens is 551 g/mol. The highest BCUT2D eigenvalue weighted by Gasteiger charge is 2.25. The van der Waals surface area contributed by atoms with Crippen LogP contribution in [0, 0.1) is 0 Å². The van der Waals surface area contributed by atoms with Crippen molar-refractivity contribution in [3.63, 3.8) is 0 Å². The first kappa shape index (κ1) is 37.1. The minimum absolute atomic E-state index is 0.144. The molecule has 0 radical (unpaired) electrons. The zero-order valence-corrected chi connectivity index (χ0v) is 27.5. The van der Waals surface area contributed by atoms with Crippen LogP contribution in [-0.4, -0.2) is 47.7 Å². The summed E-state index contributed by atoms with van der Waals surface area (Å²) < 4.78 is 1.44. The largest absolute Gasteiger partial charge is 0.545 e. The van der Waals surface area contributed by atoms with Crippen LogP contribution >= 0.6 is 21.6 Å². The number of carbonyl (C=O) groups excluding carboxylic acids is 1. The van der Waals surface area contributed by atoms with E-state index in [-0.39, 0.29) is 11.1 Å². The van der Waals surface area contributed by atoms with Gasteiger partial charge in [0.2, 0.25) is 0 Å². The fourth-order valence-corrected chi connectivity index (χ4v) is 6.79. The Hall–Kier alpha value is -1.96. The number of benzene rings is 2. The van der Waals surface area contributed by atoms with Gasteiger partial charge in [0, 0.05) is 9.79 Å². The highest BCUT2D eigenvalue weighted by Crippen LogP contribution is 2.37. The molecule has 0 saturated carbocycles. The zero-order valence-electron chi connectivity index (χ0n) is 25.9.